The van der Waals surface area contributed by atoms with E-state index in [0.717, 1.165) is 18.7 Å². The first-order valence-electron chi connectivity index (χ1n) is 9.16. The maximum absolute atomic E-state index is 13.2. The third-order valence-corrected chi connectivity index (χ3v) is 5.14. The van der Waals surface area contributed by atoms with Gasteiger partial charge in [-0.15, -0.1) is 0 Å². The quantitative estimate of drug-likeness (QED) is 0.683. The Morgan fingerprint density at radius 1 is 0.964 bits per heavy atom. The maximum atomic E-state index is 13.2. The number of hydrogen-bond acceptors (Lipinski definition) is 3. The highest BCUT2D eigenvalue weighted by Gasteiger charge is 2.29. The van der Waals surface area contributed by atoms with E-state index in [-0.39, 0.29) is 18.4 Å². The summed E-state index contributed by atoms with van der Waals surface area (Å²) in [5, 5.41) is 3.38. The van der Waals surface area contributed by atoms with E-state index >= 15 is 0 Å². The molecule has 1 N–H and O–H groups in total. The Kier molecular flexibility index (Phi) is 8.30. The lowest BCUT2D eigenvalue weighted by molar-refractivity contribution is -0.138. The van der Waals surface area contributed by atoms with Gasteiger partial charge in [0.15, 0.2) is 0 Å². The van der Waals surface area contributed by atoms with Crippen LogP contribution in [0.3, 0.4) is 0 Å². The topological polar surface area (TPSA) is 52.7 Å². The van der Waals surface area contributed by atoms with E-state index in [4.69, 9.17) is 23.2 Å². The third kappa shape index (κ3) is 5.47. The first-order chi connectivity index (χ1) is 13.4. The van der Waals surface area contributed by atoms with Crippen LogP contribution in [0, 0.1) is 0 Å². The molecule has 2 aromatic rings. The van der Waals surface area contributed by atoms with E-state index in [1.54, 1.807) is 25.2 Å². The molecule has 7 heteroatoms. The number of halogens is 2. The lowest BCUT2D eigenvalue weighted by Crippen LogP contribution is -2.44. The first-order valence-corrected chi connectivity index (χ1v) is 9.92. The molecule has 0 fully saturated rings. The first kappa shape index (κ1) is 22.2. The Morgan fingerprint density at radius 2 is 1.54 bits per heavy atom. The monoisotopic (exact) mass is 421 g/mol. The van der Waals surface area contributed by atoms with E-state index in [2.05, 4.69) is 10.2 Å². The number of carbonyl (C=O) groups is 2. The summed E-state index contributed by atoms with van der Waals surface area (Å²) in [6.07, 6.45) is 0. The van der Waals surface area contributed by atoms with Crippen molar-refractivity contribution in [2.24, 2.45) is 0 Å². The van der Waals surface area contributed by atoms with Crippen molar-refractivity contribution in [3.8, 4) is 0 Å². The van der Waals surface area contributed by atoms with Gasteiger partial charge in [0, 0.05) is 7.05 Å². The Hall–Kier alpha value is -2.08. The van der Waals surface area contributed by atoms with Crippen LogP contribution < -0.4 is 5.32 Å². The molecule has 1 unspecified atom stereocenters. The van der Waals surface area contributed by atoms with Gasteiger partial charge < -0.3 is 10.2 Å². The van der Waals surface area contributed by atoms with Crippen molar-refractivity contribution < 1.29 is 9.59 Å². The van der Waals surface area contributed by atoms with Gasteiger partial charge >= 0.3 is 0 Å². The minimum atomic E-state index is -0.446. The maximum Gasteiger partial charge on any atom is 0.244 e. The molecule has 0 aliphatic rings. The van der Waals surface area contributed by atoms with Crippen LogP contribution >= 0.6 is 23.2 Å². The molecule has 150 valence electrons. The number of para-hydroxylation sites is 1. The minimum absolute atomic E-state index is 0.106. The van der Waals surface area contributed by atoms with E-state index in [1.165, 1.54) is 4.90 Å². The average Bonchev–Trinajstić information content (AvgIpc) is 2.69. The standard InChI is InChI=1S/C21H25Cl2N3O2/c1-4-26(5-2)20(15-10-7-6-8-11-15)21(28)25(3)14-18(27)24-19-16(22)12-9-13-17(19)23/h6-13,20H,4-5,14H2,1-3H3,(H,24,27). The van der Waals surface area contributed by atoms with Crippen molar-refractivity contribution in [1.82, 2.24) is 9.80 Å². The minimum Gasteiger partial charge on any atom is -0.335 e. The Morgan fingerprint density at radius 3 is 2.07 bits per heavy atom. The molecule has 0 saturated carbocycles. The van der Waals surface area contributed by atoms with Gasteiger partial charge in [-0.05, 0) is 30.8 Å². The Bertz CT molecular complexity index is 790. The van der Waals surface area contributed by atoms with E-state index in [9.17, 15) is 9.59 Å². The fraction of sp³-hybridized carbons (Fsp3) is 0.333. The van der Waals surface area contributed by atoms with Gasteiger partial charge in [0.25, 0.3) is 0 Å². The van der Waals surface area contributed by atoms with Crippen molar-refractivity contribution in [2.75, 3.05) is 32.0 Å². The predicted molar refractivity (Wildman–Crippen MR) is 115 cm³/mol. The molecule has 0 spiro atoms. The molecular weight excluding hydrogens is 397 g/mol. The molecule has 1 atom stereocenters. The number of amides is 2. The van der Waals surface area contributed by atoms with Crippen LogP contribution in [-0.2, 0) is 9.59 Å². The van der Waals surface area contributed by atoms with Crippen molar-refractivity contribution in [2.45, 2.75) is 19.9 Å². The van der Waals surface area contributed by atoms with Crippen LogP contribution in [-0.4, -0.2) is 48.3 Å². The summed E-state index contributed by atoms with van der Waals surface area (Å²) < 4.78 is 0. The number of anilines is 1. The number of carbonyl (C=O) groups excluding carboxylic acids is 2. The van der Waals surface area contributed by atoms with Gasteiger partial charge in [-0.3, -0.25) is 14.5 Å². The van der Waals surface area contributed by atoms with Gasteiger partial charge in [-0.25, -0.2) is 0 Å². The summed E-state index contributed by atoms with van der Waals surface area (Å²) >= 11 is 12.2. The lowest BCUT2D eigenvalue weighted by Gasteiger charge is -2.32. The lowest BCUT2D eigenvalue weighted by atomic mass is 10.0. The molecule has 0 aliphatic carbocycles. The molecule has 2 rings (SSSR count). The van der Waals surface area contributed by atoms with Crippen LogP contribution in [0.5, 0.6) is 0 Å². The van der Waals surface area contributed by atoms with Gasteiger partial charge in [0.1, 0.15) is 6.04 Å². The van der Waals surface area contributed by atoms with E-state index in [1.807, 2.05) is 44.2 Å². The third-order valence-electron chi connectivity index (χ3n) is 4.51. The number of nitrogens with one attached hydrogen (secondary N) is 1. The molecule has 0 aliphatic heterocycles. The average molecular weight is 422 g/mol. The zero-order chi connectivity index (χ0) is 20.7. The largest absolute Gasteiger partial charge is 0.335 e. The van der Waals surface area contributed by atoms with Gasteiger partial charge in [0.05, 0.1) is 22.3 Å². The summed E-state index contributed by atoms with van der Waals surface area (Å²) in [5.41, 5.74) is 1.25. The smallest absolute Gasteiger partial charge is 0.244 e. The Balaban J connectivity index is 2.15. The Labute approximate surface area is 176 Å². The summed E-state index contributed by atoms with van der Waals surface area (Å²) in [5.74, 6) is -0.507. The number of benzene rings is 2. The number of nitrogens with zero attached hydrogens (tertiary/aromatic N) is 2. The molecular formula is C21H25Cl2N3O2. The summed E-state index contributed by atoms with van der Waals surface area (Å²) in [4.78, 5) is 29.1. The number of likely N-dealkylation sites (N-methyl/N-ethyl adjacent to an activating group) is 2. The second-order valence-electron chi connectivity index (χ2n) is 6.37. The zero-order valence-corrected chi connectivity index (χ0v) is 17.8. The molecule has 0 aromatic heterocycles. The van der Waals surface area contributed by atoms with Crippen molar-refractivity contribution in [1.29, 1.82) is 0 Å². The highest BCUT2D eigenvalue weighted by Crippen LogP contribution is 2.29. The number of rotatable bonds is 8. The second-order valence-corrected chi connectivity index (χ2v) is 7.19. The second kappa shape index (κ2) is 10.5. The molecule has 28 heavy (non-hydrogen) atoms. The van der Waals surface area contributed by atoms with Crippen LogP contribution in [0.2, 0.25) is 10.0 Å². The summed E-state index contributed by atoms with van der Waals surface area (Å²) in [7, 11) is 1.62. The highest BCUT2D eigenvalue weighted by atomic mass is 35.5. The van der Waals surface area contributed by atoms with Crippen molar-refractivity contribution in [3.63, 3.8) is 0 Å². The number of hydrogen-bond donors (Lipinski definition) is 1. The van der Waals surface area contributed by atoms with E-state index < -0.39 is 6.04 Å². The summed E-state index contributed by atoms with van der Waals surface area (Å²) in [6.45, 7) is 5.36. The van der Waals surface area contributed by atoms with E-state index in [0.29, 0.717) is 15.7 Å². The summed E-state index contributed by atoms with van der Waals surface area (Å²) in [6, 6.07) is 14.1. The molecule has 0 heterocycles. The van der Waals surface area contributed by atoms with Crippen molar-refractivity contribution in [3.05, 3.63) is 64.1 Å². The highest BCUT2D eigenvalue weighted by molar-refractivity contribution is 6.39. The van der Waals surface area contributed by atoms with Crippen LogP contribution in [0.1, 0.15) is 25.5 Å². The van der Waals surface area contributed by atoms with Crippen LogP contribution in [0.25, 0.3) is 0 Å². The molecule has 2 aromatic carbocycles. The van der Waals surface area contributed by atoms with Gasteiger partial charge in [-0.1, -0.05) is 73.4 Å². The predicted octanol–water partition coefficient (Wildman–Crippen LogP) is 4.47. The molecule has 5 nitrogen and oxygen atoms in total. The fourth-order valence-corrected chi connectivity index (χ4v) is 3.52. The SMILES string of the molecule is CCN(CC)C(C(=O)N(C)CC(=O)Nc1c(Cl)cccc1Cl)c1ccccc1. The normalized spacial score (nSPS) is 11.9. The molecule has 2 amide bonds. The molecule has 0 radical (unpaired) electrons. The molecule has 0 saturated heterocycles. The fourth-order valence-electron chi connectivity index (χ4n) is 3.03. The van der Waals surface area contributed by atoms with Gasteiger partial charge in [-0.2, -0.15) is 0 Å². The van der Waals surface area contributed by atoms with Gasteiger partial charge in [0.2, 0.25) is 11.8 Å². The van der Waals surface area contributed by atoms with Crippen molar-refractivity contribution >= 4 is 40.7 Å². The molecule has 0 bridgehead atoms. The van der Waals surface area contributed by atoms with Crippen LogP contribution in [0.4, 0.5) is 5.69 Å². The van der Waals surface area contributed by atoms with Crippen LogP contribution in [0.15, 0.2) is 48.5 Å². The zero-order valence-electron chi connectivity index (χ0n) is 16.3.